The Morgan fingerprint density at radius 1 is 0.746 bits per heavy atom. The van der Waals surface area contributed by atoms with Crippen molar-refractivity contribution >= 4 is 78.1 Å². The number of rotatable bonds is 17. The van der Waals surface area contributed by atoms with Gasteiger partial charge in [-0.2, -0.15) is 8.42 Å². The smallest absolute Gasteiger partial charge is 0.342 e. The number of imidazole rings is 2. The number of hydrogen-bond donors (Lipinski definition) is 4. The molecule has 2 aliphatic rings. The maximum atomic E-state index is 13.2. The number of esters is 1. The maximum Gasteiger partial charge on any atom is 0.342 e. The number of fused-ring (bicyclic) bond motifs is 8. The average Bonchev–Trinajstić information content (AvgIpc) is 4.07. The van der Waals surface area contributed by atoms with Gasteiger partial charge in [0.1, 0.15) is 37.0 Å². The van der Waals surface area contributed by atoms with E-state index in [1.54, 1.807) is 39.8 Å². The molecule has 0 fully saturated rings. The number of allylic oxidation sites excluding steroid dienone is 3. The SMILES string of the molecule is CC1=C(CCC(=O)O)c2cc3[nH]c(cc4nc(cc5[nH]c(cc1n2)c(S(=O)(=O)O)c5C)C(C(C)OCCn1c([N+](=O)[O-])cnc1C)=C4C)c(C)c3CCC(=O)OCCn1c([N+](=O)[O-])cnc1C. The van der Waals surface area contributed by atoms with E-state index in [1.807, 2.05) is 19.9 Å². The molecular weight excluding hydrogens is 893 g/mol. The normalized spacial score (nSPS) is 13.4. The molecule has 4 N–H and O–H groups in total. The van der Waals surface area contributed by atoms with E-state index in [0.29, 0.717) is 78.8 Å². The third-order valence-electron chi connectivity index (χ3n) is 12.1. The molecule has 0 spiro atoms. The van der Waals surface area contributed by atoms with E-state index in [4.69, 9.17) is 19.4 Å². The number of nitrogens with one attached hydrogen (secondary N) is 2. The number of carboxylic acids is 1. The van der Waals surface area contributed by atoms with Crippen LogP contribution in [0.2, 0.25) is 0 Å². The summed E-state index contributed by atoms with van der Waals surface area (Å²) in [6.07, 6.45) is 1.62. The van der Waals surface area contributed by atoms with Crippen LogP contribution in [0.15, 0.2) is 41.6 Å². The van der Waals surface area contributed by atoms with Gasteiger partial charge in [-0.3, -0.25) is 14.1 Å². The van der Waals surface area contributed by atoms with Gasteiger partial charge in [0.15, 0.2) is 11.6 Å². The molecule has 0 aromatic carbocycles. The highest BCUT2D eigenvalue weighted by Crippen LogP contribution is 2.38. The largest absolute Gasteiger partial charge is 0.481 e. The van der Waals surface area contributed by atoms with E-state index in [0.717, 1.165) is 11.8 Å². The molecule has 5 aromatic rings. The highest BCUT2D eigenvalue weighted by Gasteiger charge is 2.27. The summed E-state index contributed by atoms with van der Waals surface area (Å²) in [5, 5.41) is 32.8. The number of aromatic amines is 2. The quantitative estimate of drug-likeness (QED) is 0.0315. The van der Waals surface area contributed by atoms with Gasteiger partial charge in [-0.15, -0.1) is 0 Å². The number of ether oxygens (including phenoxy) is 2. The summed E-state index contributed by atoms with van der Waals surface area (Å²) in [7, 11) is -4.83. The first kappa shape index (κ1) is 47.6. The molecule has 0 aliphatic carbocycles. The number of aryl methyl sites for hydroxylation is 5. The number of carbonyl (C=O) groups excluding carboxylic acids is 1. The average molecular weight is 941 g/mol. The minimum absolute atomic E-state index is 0.0171. The van der Waals surface area contributed by atoms with Crippen molar-refractivity contribution in [2.45, 2.75) is 98.2 Å². The molecular formula is C44H48N10O12S. The van der Waals surface area contributed by atoms with Crippen LogP contribution < -0.4 is 0 Å². The highest BCUT2D eigenvalue weighted by molar-refractivity contribution is 7.86. The van der Waals surface area contributed by atoms with Gasteiger partial charge in [0.25, 0.3) is 10.1 Å². The van der Waals surface area contributed by atoms with Crippen molar-refractivity contribution < 1.29 is 47.0 Å². The van der Waals surface area contributed by atoms with Crippen LogP contribution in [0, 0.1) is 47.9 Å². The van der Waals surface area contributed by atoms with Crippen molar-refractivity contribution in [1.29, 1.82) is 0 Å². The summed E-state index contributed by atoms with van der Waals surface area (Å²) < 4.78 is 51.2. The van der Waals surface area contributed by atoms with Crippen LogP contribution in [0.3, 0.4) is 0 Å². The number of H-pyrrole nitrogens is 2. The second-order valence-electron chi connectivity index (χ2n) is 16.2. The van der Waals surface area contributed by atoms with E-state index < -0.39 is 42.9 Å². The zero-order chi connectivity index (χ0) is 48.6. The summed E-state index contributed by atoms with van der Waals surface area (Å²) in [6, 6.07) is 6.70. The molecule has 5 aromatic heterocycles. The highest BCUT2D eigenvalue weighted by atomic mass is 32.2. The van der Waals surface area contributed by atoms with E-state index >= 15 is 0 Å². The van der Waals surface area contributed by atoms with E-state index in [9.17, 15) is 47.9 Å². The summed E-state index contributed by atoms with van der Waals surface area (Å²) in [4.78, 5) is 71.2. The summed E-state index contributed by atoms with van der Waals surface area (Å²) in [5.74, 6) is -1.17. The number of nitrogens with zero attached hydrogens (tertiary/aromatic N) is 8. The fraction of sp³-hybridized carbons (Fsp3) is 0.364. The first-order valence-electron chi connectivity index (χ1n) is 21.1. The van der Waals surface area contributed by atoms with E-state index in [2.05, 4.69) is 19.9 Å². The van der Waals surface area contributed by atoms with Crippen molar-refractivity contribution in [2.24, 2.45) is 0 Å². The van der Waals surface area contributed by atoms with E-state index in [1.165, 1.54) is 28.3 Å². The molecule has 0 saturated heterocycles. The van der Waals surface area contributed by atoms with Crippen LogP contribution in [0.25, 0.3) is 44.4 Å². The topological polar surface area (TPSA) is 306 Å². The van der Waals surface area contributed by atoms with Crippen molar-refractivity contribution in [3.05, 3.63) is 108 Å². The lowest BCUT2D eigenvalue weighted by Crippen LogP contribution is -2.16. The predicted octanol–water partition coefficient (Wildman–Crippen LogP) is 7.01. The van der Waals surface area contributed by atoms with Gasteiger partial charge in [-0.1, -0.05) is 0 Å². The molecule has 67 heavy (non-hydrogen) atoms. The third-order valence-corrected chi connectivity index (χ3v) is 13.1. The van der Waals surface area contributed by atoms with Crippen molar-refractivity contribution in [3.8, 4) is 0 Å². The van der Waals surface area contributed by atoms with Gasteiger partial charge in [-0.25, -0.2) is 29.1 Å². The first-order chi connectivity index (χ1) is 31.6. The molecule has 8 bridgehead atoms. The van der Waals surface area contributed by atoms with Gasteiger partial charge < -0.3 is 44.8 Å². The lowest BCUT2D eigenvalue weighted by atomic mass is 10.00. The Kier molecular flexibility index (Phi) is 13.4. The van der Waals surface area contributed by atoms with Crippen LogP contribution in [0.4, 0.5) is 11.6 Å². The van der Waals surface area contributed by atoms with Crippen molar-refractivity contribution in [1.82, 2.24) is 39.0 Å². The zero-order valence-electron chi connectivity index (χ0n) is 37.7. The second kappa shape index (κ2) is 18.9. The number of carbonyl (C=O) groups is 2. The molecule has 7 rings (SSSR count). The van der Waals surface area contributed by atoms with Gasteiger partial charge in [0, 0.05) is 48.8 Å². The minimum atomic E-state index is -4.83. The maximum absolute atomic E-state index is 13.2. The number of hydrogen-bond acceptors (Lipinski definition) is 14. The molecule has 1 unspecified atom stereocenters. The Morgan fingerprint density at radius 2 is 1.28 bits per heavy atom. The Balaban J connectivity index is 1.36. The molecule has 23 heteroatoms. The van der Waals surface area contributed by atoms with Crippen LogP contribution in [0.1, 0.15) is 91.1 Å². The molecule has 0 radical (unpaired) electrons. The Bertz CT molecular complexity index is 3230. The molecule has 0 amide bonds. The lowest BCUT2D eigenvalue weighted by Gasteiger charge is -2.15. The zero-order valence-corrected chi connectivity index (χ0v) is 38.5. The third kappa shape index (κ3) is 9.78. The summed E-state index contributed by atoms with van der Waals surface area (Å²) in [6.45, 7) is 12.1. The van der Waals surface area contributed by atoms with Gasteiger partial charge >= 0.3 is 23.6 Å². The molecule has 352 valence electrons. The Morgan fingerprint density at radius 3 is 1.90 bits per heavy atom. The Labute approximate surface area is 382 Å². The molecule has 0 saturated carbocycles. The van der Waals surface area contributed by atoms with Crippen LogP contribution in [-0.2, 0) is 48.7 Å². The fourth-order valence-corrected chi connectivity index (χ4v) is 9.41. The Hall–Kier alpha value is -7.37. The van der Waals surface area contributed by atoms with Crippen LogP contribution in [0.5, 0.6) is 0 Å². The number of carboxylic acid groups (broad SMARTS) is 1. The standard InChI is InChI=1S/C44H48N10O12S/c1-22-29(8-10-41(55)56)35-19-36-30(9-11-42(57)66-15-13-52-28(7)46-21-40(52)54(60)61)23(2)31(47-36)16-33-24(3)43(26(5)65-14-12-51-27(6)45-20-39(51)53(58)59)37(49-33)17-34-25(4)44(67(62,63)64)38(50-34)18-32(22)48-35/h16-21,26,47,50H,8-15H2,1-7H3,(H,55,56)(H,62,63,64). The van der Waals surface area contributed by atoms with Gasteiger partial charge in [-0.05, 0) is 115 Å². The van der Waals surface area contributed by atoms with Crippen LogP contribution in [-0.4, -0.2) is 98.2 Å². The number of nitro groups is 2. The molecule has 2 aliphatic heterocycles. The minimum Gasteiger partial charge on any atom is -0.481 e. The lowest BCUT2D eigenvalue weighted by molar-refractivity contribution is -0.392. The first-order valence-corrected chi connectivity index (χ1v) is 22.5. The number of aromatic nitrogens is 8. The second-order valence-corrected chi connectivity index (χ2v) is 17.6. The van der Waals surface area contributed by atoms with Crippen molar-refractivity contribution in [3.63, 3.8) is 0 Å². The van der Waals surface area contributed by atoms with Gasteiger partial charge in [0.2, 0.25) is 0 Å². The summed E-state index contributed by atoms with van der Waals surface area (Å²) >= 11 is 0. The van der Waals surface area contributed by atoms with Crippen LogP contribution >= 0.6 is 0 Å². The molecule has 22 nitrogen and oxygen atoms in total. The van der Waals surface area contributed by atoms with Gasteiger partial charge in [0.05, 0.1) is 41.0 Å². The molecule has 7 heterocycles. The number of aliphatic carboxylic acids is 1. The van der Waals surface area contributed by atoms with E-state index in [-0.39, 0.29) is 74.7 Å². The predicted molar refractivity (Wildman–Crippen MR) is 244 cm³/mol. The van der Waals surface area contributed by atoms with Crippen molar-refractivity contribution in [2.75, 3.05) is 13.2 Å². The monoisotopic (exact) mass is 940 g/mol. The fourth-order valence-electron chi connectivity index (χ4n) is 8.53. The molecule has 1 atom stereocenters. The summed E-state index contributed by atoms with van der Waals surface area (Å²) in [5.41, 5.74) is 7.26.